The van der Waals surface area contributed by atoms with E-state index in [0.717, 1.165) is 39.1 Å². The van der Waals surface area contributed by atoms with Crippen molar-refractivity contribution in [2.24, 2.45) is 0 Å². The Morgan fingerprint density at radius 1 is 0.472 bits per heavy atom. The van der Waals surface area contributed by atoms with E-state index in [1.165, 1.54) is 0 Å². The second-order valence-electron chi connectivity index (χ2n) is 7.71. The molecule has 6 aromatic rings. The van der Waals surface area contributed by atoms with Gasteiger partial charge < -0.3 is 0 Å². The number of benzene rings is 5. The van der Waals surface area contributed by atoms with Crippen LogP contribution in [0.4, 0.5) is 0 Å². The first-order valence-electron chi connectivity index (χ1n) is 11.3. The molecule has 6 rings (SSSR count). The zero-order chi connectivity index (χ0) is 23.7. The van der Waals surface area contributed by atoms with Gasteiger partial charge >= 0.3 is 0 Å². The predicted octanol–water partition coefficient (Wildman–Crippen LogP) is 7.56. The Labute approximate surface area is 227 Å². The van der Waals surface area contributed by atoms with E-state index >= 15 is 0 Å². The van der Waals surface area contributed by atoms with Crippen LogP contribution in [0.3, 0.4) is 0 Å². The van der Waals surface area contributed by atoms with Crippen molar-refractivity contribution in [3.63, 3.8) is 0 Å². The zero-order valence-corrected chi connectivity index (χ0v) is 21.6. The first kappa shape index (κ1) is 25.1. The maximum Gasteiger partial charge on any atom is 0.0493 e. The van der Waals surface area contributed by atoms with Crippen LogP contribution in [0.1, 0.15) is 0 Å². The quantitative estimate of drug-likeness (QED) is 0.182. The molecule has 36 heavy (non-hydrogen) atoms. The molecular weight excluding hydrogens is 619 g/mol. The molecule has 2 nitrogen and oxygen atoms in total. The summed E-state index contributed by atoms with van der Waals surface area (Å²) in [5, 5.41) is 4.20. The maximum atomic E-state index is 4.20. The van der Waals surface area contributed by atoms with Crippen molar-refractivity contribution >= 4 is 0 Å². The average Bonchev–Trinajstić information content (AvgIpc) is 3.51. The van der Waals surface area contributed by atoms with Crippen molar-refractivity contribution in [1.29, 1.82) is 0 Å². The number of hydrogen-bond donors (Lipinski definition) is 0. The second-order valence-corrected chi connectivity index (χ2v) is 7.71. The van der Waals surface area contributed by atoms with E-state index in [9.17, 15) is 0 Å². The number of hydrogen-bond acceptors (Lipinski definition) is 1. The molecule has 0 aliphatic heterocycles. The van der Waals surface area contributed by atoms with Gasteiger partial charge in [0.1, 0.15) is 0 Å². The summed E-state index contributed by atoms with van der Waals surface area (Å²) in [6, 6.07) is 54.3. The van der Waals surface area contributed by atoms with E-state index in [4.69, 9.17) is 0 Å². The van der Waals surface area contributed by atoms with Crippen molar-refractivity contribution in [2.45, 2.75) is 0 Å². The fraction of sp³-hybridized carbons (Fsp3) is 0. The van der Waals surface area contributed by atoms with E-state index < -0.39 is 0 Å². The summed E-state index contributed by atoms with van der Waals surface area (Å²) in [5.74, 6) is 0. The topological polar surface area (TPSA) is 17.8 Å². The van der Waals surface area contributed by atoms with Crippen LogP contribution < -0.4 is 0 Å². The SMILES string of the molecule is [Pt].[c-]1ccccc1-c1[c-]c(-c2[c-]cccc2)ccc1.[c-]1ccccc1-c1[c-]c(-n2cccn2)ccc1. The van der Waals surface area contributed by atoms with Crippen LogP contribution in [0.5, 0.6) is 0 Å². The minimum Gasteiger partial charge on any atom is -0.260 e. The summed E-state index contributed by atoms with van der Waals surface area (Å²) in [7, 11) is 0. The standard InChI is InChI=1S/C18H11.C15H10N2.Pt/c1-3-8-15(9-4-1)17-12-7-13-18(14-17)16-10-5-2-6-11-16;1-2-6-13(7-3-1)14-8-4-9-15(12-14)17-11-5-10-16-17;/h1-8,10,12-13H;1-6,8-11H;/q-3;-2;. The molecule has 0 fully saturated rings. The molecule has 3 heteroatoms. The van der Waals surface area contributed by atoms with E-state index in [1.807, 2.05) is 109 Å². The van der Waals surface area contributed by atoms with Crippen molar-refractivity contribution in [2.75, 3.05) is 0 Å². The minimum atomic E-state index is 0. The van der Waals surface area contributed by atoms with Crippen LogP contribution in [0.25, 0.3) is 39.1 Å². The van der Waals surface area contributed by atoms with Crippen molar-refractivity contribution < 1.29 is 21.1 Å². The normalized spacial score (nSPS) is 10.0. The minimum absolute atomic E-state index is 0. The van der Waals surface area contributed by atoms with Crippen LogP contribution in [0.2, 0.25) is 0 Å². The summed E-state index contributed by atoms with van der Waals surface area (Å²) in [4.78, 5) is 0. The van der Waals surface area contributed by atoms with Gasteiger partial charge in [-0.1, -0.05) is 0 Å². The van der Waals surface area contributed by atoms with Crippen LogP contribution in [-0.2, 0) is 21.1 Å². The van der Waals surface area contributed by atoms with Gasteiger partial charge in [-0.2, -0.15) is 108 Å². The van der Waals surface area contributed by atoms with Gasteiger partial charge in [-0.3, -0.25) is 4.68 Å². The Bertz CT molecular complexity index is 1410. The smallest absolute Gasteiger partial charge is 0.0493 e. The first-order valence-corrected chi connectivity index (χ1v) is 11.3. The summed E-state index contributed by atoms with van der Waals surface area (Å²) in [6.07, 6.45) is 3.67. The second kappa shape index (κ2) is 12.6. The Kier molecular flexibility index (Phi) is 8.81. The molecule has 5 aromatic carbocycles. The molecule has 0 saturated carbocycles. The summed E-state index contributed by atoms with van der Waals surface area (Å²) >= 11 is 0. The molecule has 0 aliphatic carbocycles. The molecule has 0 amide bonds. The molecule has 0 aliphatic rings. The first-order chi connectivity index (χ1) is 17.4. The van der Waals surface area contributed by atoms with Gasteiger partial charge in [-0.25, -0.2) is 39.4 Å². The van der Waals surface area contributed by atoms with Gasteiger partial charge in [0.25, 0.3) is 0 Å². The molecule has 1 aromatic heterocycles. The molecule has 0 unspecified atom stereocenters. The number of nitrogens with zero attached hydrogens (tertiary/aromatic N) is 2. The van der Waals surface area contributed by atoms with Gasteiger partial charge in [0.05, 0.1) is 0 Å². The Balaban J connectivity index is 0.000000165. The Hall–Kier alpha value is -4.00. The van der Waals surface area contributed by atoms with E-state index in [2.05, 4.69) is 47.6 Å². The van der Waals surface area contributed by atoms with Gasteiger partial charge in [0.15, 0.2) is 0 Å². The van der Waals surface area contributed by atoms with Crippen LogP contribution in [0.15, 0.2) is 128 Å². The van der Waals surface area contributed by atoms with Gasteiger partial charge in [-0.15, -0.1) is 30.3 Å². The number of rotatable bonds is 4. The van der Waals surface area contributed by atoms with E-state index in [1.54, 1.807) is 10.9 Å². The molecular formula is C33H21N2Pt-5. The third kappa shape index (κ3) is 6.36. The monoisotopic (exact) mass is 640 g/mol. The molecule has 0 spiro atoms. The van der Waals surface area contributed by atoms with Gasteiger partial charge in [0.2, 0.25) is 0 Å². The summed E-state index contributed by atoms with van der Waals surface area (Å²) < 4.78 is 1.80. The Morgan fingerprint density at radius 2 is 0.944 bits per heavy atom. The van der Waals surface area contributed by atoms with Crippen molar-refractivity contribution in [3.05, 3.63) is 158 Å². The fourth-order valence-corrected chi connectivity index (χ4v) is 3.62. The molecule has 1 heterocycles. The third-order valence-corrected chi connectivity index (χ3v) is 5.32. The predicted molar refractivity (Wildman–Crippen MR) is 140 cm³/mol. The molecule has 0 radical (unpaired) electrons. The molecule has 0 atom stereocenters. The van der Waals surface area contributed by atoms with Crippen LogP contribution >= 0.6 is 0 Å². The Morgan fingerprint density at radius 3 is 1.39 bits per heavy atom. The molecule has 0 bridgehead atoms. The molecule has 0 N–H and O–H groups in total. The van der Waals surface area contributed by atoms with E-state index in [-0.39, 0.29) is 21.1 Å². The summed E-state index contributed by atoms with van der Waals surface area (Å²) in [6.45, 7) is 0. The average molecular weight is 641 g/mol. The fourth-order valence-electron chi connectivity index (χ4n) is 3.62. The molecule has 178 valence electrons. The van der Waals surface area contributed by atoms with Crippen LogP contribution in [-0.4, -0.2) is 9.78 Å². The van der Waals surface area contributed by atoms with Crippen molar-refractivity contribution in [3.8, 4) is 39.1 Å². The third-order valence-electron chi connectivity index (χ3n) is 5.32. The number of aromatic nitrogens is 2. The molecule has 0 saturated heterocycles. The van der Waals surface area contributed by atoms with Gasteiger partial charge in [-0.05, 0) is 11.8 Å². The van der Waals surface area contributed by atoms with Crippen molar-refractivity contribution in [1.82, 2.24) is 9.78 Å². The maximum absolute atomic E-state index is 4.20. The van der Waals surface area contributed by atoms with E-state index in [0.29, 0.717) is 0 Å². The zero-order valence-electron chi connectivity index (χ0n) is 19.3. The largest absolute Gasteiger partial charge is 0.260 e. The van der Waals surface area contributed by atoms with Crippen LogP contribution in [0, 0.1) is 30.3 Å². The summed E-state index contributed by atoms with van der Waals surface area (Å²) in [5.41, 5.74) is 7.26. The van der Waals surface area contributed by atoms with Gasteiger partial charge in [0, 0.05) is 33.5 Å².